The van der Waals surface area contributed by atoms with E-state index in [0.29, 0.717) is 27.6 Å². The lowest BCUT2D eigenvalue weighted by Crippen LogP contribution is -2.29. The number of aromatic nitrogens is 3. The second-order valence-corrected chi connectivity index (χ2v) is 5.35. The Morgan fingerprint density at radius 2 is 1.11 bits per heavy atom. The van der Waals surface area contributed by atoms with Crippen molar-refractivity contribution in [1.82, 2.24) is 24.8 Å². The molecule has 0 amide bonds. The van der Waals surface area contributed by atoms with E-state index < -0.39 is 0 Å². The van der Waals surface area contributed by atoms with Crippen LogP contribution in [0.5, 0.6) is 0 Å². The number of hydrogen-bond donors (Lipinski definition) is 0. The molecule has 0 atom stereocenters. The Hall–Kier alpha value is -1.41. The van der Waals surface area contributed by atoms with Crippen molar-refractivity contribution in [3.8, 4) is 0 Å². The molecule has 8 heteroatoms. The van der Waals surface area contributed by atoms with Gasteiger partial charge in [-0.2, -0.15) is 9.97 Å². The average Bonchev–Trinajstić information content (AvgIpc) is 2.35. The van der Waals surface area contributed by atoms with Gasteiger partial charge >= 0.3 is 0 Å². The Labute approximate surface area is 124 Å². The van der Waals surface area contributed by atoms with Crippen molar-refractivity contribution in [3.05, 3.63) is 11.6 Å². The van der Waals surface area contributed by atoms with Crippen LogP contribution in [0.1, 0.15) is 11.6 Å². The van der Waals surface area contributed by atoms with Gasteiger partial charge in [-0.1, -0.05) is 24.4 Å². The quantitative estimate of drug-likeness (QED) is 0.744. The van der Waals surface area contributed by atoms with Gasteiger partial charge in [-0.25, -0.2) is 4.98 Å². The molecule has 1 rings (SSSR count). The predicted octanol–water partition coefficient (Wildman–Crippen LogP) is 0.412. The molecule has 0 bridgehead atoms. The van der Waals surface area contributed by atoms with Crippen molar-refractivity contribution < 1.29 is 0 Å². The van der Waals surface area contributed by atoms with E-state index in [-0.39, 0.29) is 0 Å². The van der Waals surface area contributed by atoms with Crippen LogP contribution in [0, 0.1) is 0 Å². The van der Waals surface area contributed by atoms with Gasteiger partial charge < -0.3 is 14.7 Å². The van der Waals surface area contributed by atoms with Crippen molar-refractivity contribution >= 4 is 40.4 Å². The third-order valence-corrected chi connectivity index (χ3v) is 3.31. The molecule has 0 fully saturated rings. The molecule has 0 N–H and O–H groups in total. The van der Waals surface area contributed by atoms with Crippen molar-refractivity contribution in [2.75, 3.05) is 47.2 Å². The zero-order valence-electron chi connectivity index (χ0n) is 12.0. The Bertz CT molecular complexity index is 460. The summed E-state index contributed by atoms with van der Waals surface area (Å²) in [7, 11) is 11.1. The van der Waals surface area contributed by atoms with E-state index in [1.807, 2.05) is 42.3 Å². The molecule has 1 aromatic heterocycles. The molecule has 0 aliphatic heterocycles. The highest BCUT2D eigenvalue weighted by molar-refractivity contribution is 7.81. The van der Waals surface area contributed by atoms with Crippen LogP contribution >= 0.6 is 24.4 Å². The lowest BCUT2D eigenvalue weighted by atomic mass is 10.4. The van der Waals surface area contributed by atoms with E-state index in [1.165, 1.54) is 0 Å². The molecule has 0 aliphatic rings. The third-order valence-electron chi connectivity index (χ3n) is 2.22. The van der Waals surface area contributed by atoms with Crippen LogP contribution in [-0.4, -0.2) is 77.0 Å². The first kappa shape index (κ1) is 15.6. The van der Waals surface area contributed by atoms with Gasteiger partial charge in [-0.3, -0.25) is 0 Å². The number of anilines is 1. The van der Waals surface area contributed by atoms with Crippen LogP contribution in [0.4, 0.5) is 5.95 Å². The maximum Gasteiger partial charge on any atom is 0.229 e. The Kier molecular flexibility index (Phi) is 5.07. The summed E-state index contributed by atoms with van der Waals surface area (Å²) in [4.78, 5) is 19.5. The van der Waals surface area contributed by atoms with Gasteiger partial charge in [0.15, 0.2) is 11.6 Å². The van der Waals surface area contributed by atoms with Gasteiger partial charge in [0.2, 0.25) is 5.95 Å². The van der Waals surface area contributed by atoms with Crippen LogP contribution in [0.3, 0.4) is 0 Å². The fourth-order valence-corrected chi connectivity index (χ4v) is 1.34. The monoisotopic (exact) mass is 298 g/mol. The SMILES string of the molecule is CN(C)C(=S)c1nc(C(=S)N(C)C)nc(N(C)C)n1. The highest BCUT2D eigenvalue weighted by atomic mass is 32.1. The maximum absolute atomic E-state index is 5.30. The third kappa shape index (κ3) is 3.77. The molecule has 0 saturated heterocycles. The molecule has 0 aromatic carbocycles. The number of thiocarbonyl (C=S) groups is 2. The van der Waals surface area contributed by atoms with Gasteiger partial charge in [-0.15, -0.1) is 0 Å². The minimum absolute atomic E-state index is 0.456. The second-order valence-electron chi connectivity index (χ2n) is 4.58. The zero-order valence-corrected chi connectivity index (χ0v) is 13.6. The summed E-state index contributed by atoms with van der Waals surface area (Å²) < 4.78 is 0. The standard InChI is InChI=1S/C11H18N6S2/c1-15(2)9(18)7-12-8(10(19)16(3)4)14-11(13-7)17(5)6/h1-6H3. The van der Waals surface area contributed by atoms with Crippen molar-refractivity contribution in [3.63, 3.8) is 0 Å². The molecule has 1 aromatic rings. The van der Waals surface area contributed by atoms with Crippen LogP contribution in [0.15, 0.2) is 0 Å². The smallest absolute Gasteiger partial charge is 0.229 e. The summed E-state index contributed by atoms with van der Waals surface area (Å²) >= 11 is 10.6. The molecule has 0 spiro atoms. The number of hydrogen-bond acceptors (Lipinski definition) is 6. The van der Waals surface area contributed by atoms with Crippen LogP contribution < -0.4 is 4.90 Å². The molecule has 104 valence electrons. The summed E-state index contributed by atoms with van der Waals surface area (Å²) in [6.07, 6.45) is 0. The number of nitrogens with zero attached hydrogens (tertiary/aromatic N) is 6. The molecule has 1 heterocycles. The molecule has 0 aliphatic carbocycles. The lowest BCUT2D eigenvalue weighted by molar-refractivity contribution is 0.624. The van der Waals surface area contributed by atoms with Crippen molar-refractivity contribution in [1.29, 1.82) is 0 Å². The molecular weight excluding hydrogens is 280 g/mol. The molecule has 0 unspecified atom stereocenters. The van der Waals surface area contributed by atoms with E-state index in [2.05, 4.69) is 15.0 Å². The summed E-state index contributed by atoms with van der Waals surface area (Å²) in [6.45, 7) is 0. The van der Waals surface area contributed by atoms with Gasteiger partial charge in [0.1, 0.15) is 9.98 Å². The maximum atomic E-state index is 5.30. The Morgan fingerprint density at radius 3 is 1.37 bits per heavy atom. The summed E-state index contributed by atoms with van der Waals surface area (Å²) in [5.74, 6) is 1.45. The summed E-state index contributed by atoms with van der Waals surface area (Å²) in [6, 6.07) is 0. The van der Waals surface area contributed by atoms with Crippen molar-refractivity contribution in [2.24, 2.45) is 0 Å². The average molecular weight is 298 g/mol. The van der Waals surface area contributed by atoms with Crippen molar-refractivity contribution in [2.45, 2.75) is 0 Å². The molecule has 0 radical (unpaired) electrons. The van der Waals surface area contributed by atoms with E-state index in [9.17, 15) is 0 Å². The largest absolute Gasteiger partial charge is 0.366 e. The Balaban J connectivity index is 3.34. The first-order valence-corrected chi connectivity index (χ1v) is 6.42. The highest BCUT2D eigenvalue weighted by Crippen LogP contribution is 2.08. The van der Waals surface area contributed by atoms with Crippen LogP contribution in [0.25, 0.3) is 0 Å². The second kappa shape index (κ2) is 6.16. The molecule has 19 heavy (non-hydrogen) atoms. The van der Waals surface area contributed by atoms with E-state index in [1.54, 1.807) is 14.7 Å². The zero-order chi connectivity index (χ0) is 14.7. The van der Waals surface area contributed by atoms with E-state index in [0.717, 1.165) is 0 Å². The topological polar surface area (TPSA) is 48.4 Å². The molecule has 6 nitrogen and oxygen atoms in total. The first-order chi connectivity index (χ1) is 8.73. The highest BCUT2D eigenvalue weighted by Gasteiger charge is 2.16. The first-order valence-electron chi connectivity index (χ1n) is 5.60. The normalized spacial score (nSPS) is 10.0. The number of rotatable bonds is 3. The molecular formula is C11H18N6S2. The van der Waals surface area contributed by atoms with E-state index >= 15 is 0 Å². The fraction of sp³-hybridized carbons (Fsp3) is 0.545. The summed E-state index contributed by atoms with van der Waals surface area (Å²) in [5, 5.41) is 0. The van der Waals surface area contributed by atoms with Gasteiger partial charge in [-0.05, 0) is 0 Å². The lowest BCUT2D eigenvalue weighted by Gasteiger charge is -2.18. The minimum atomic E-state index is 0.456. The van der Waals surface area contributed by atoms with Gasteiger partial charge in [0.25, 0.3) is 0 Å². The summed E-state index contributed by atoms with van der Waals surface area (Å²) in [5.41, 5.74) is 0. The van der Waals surface area contributed by atoms with Crippen LogP contribution in [0.2, 0.25) is 0 Å². The molecule has 0 saturated carbocycles. The Morgan fingerprint density at radius 1 is 0.737 bits per heavy atom. The fourth-order valence-electron chi connectivity index (χ4n) is 1.16. The van der Waals surface area contributed by atoms with Crippen LogP contribution in [-0.2, 0) is 0 Å². The van der Waals surface area contributed by atoms with Gasteiger partial charge in [0.05, 0.1) is 0 Å². The van der Waals surface area contributed by atoms with E-state index in [4.69, 9.17) is 24.4 Å². The van der Waals surface area contributed by atoms with Gasteiger partial charge in [0, 0.05) is 42.3 Å². The minimum Gasteiger partial charge on any atom is -0.366 e. The predicted molar refractivity (Wildman–Crippen MR) is 84.9 cm³/mol.